The number of pyridine rings is 1. The first kappa shape index (κ1) is 21.7. The van der Waals surface area contributed by atoms with Gasteiger partial charge in [0.05, 0.1) is 5.56 Å². The number of amides is 2. The maximum atomic E-state index is 12.7. The van der Waals surface area contributed by atoms with Crippen LogP contribution in [0.2, 0.25) is 0 Å². The summed E-state index contributed by atoms with van der Waals surface area (Å²) in [5.41, 5.74) is 2.12. The zero-order valence-corrected chi connectivity index (χ0v) is 17.3. The predicted octanol–water partition coefficient (Wildman–Crippen LogP) is 5.56. The largest absolute Gasteiger partial charge is 0.417 e. The van der Waals surface area contributed by atoms with Gasteiger partial charge in [0, 0.05) is 31.0 Å². The number of urea groups is 1. The van der Waals surface area contributed by atoms with Gasteiger partial charge in [0.2, 0.25) is 0 Å². The van der Waals surface area contributed by atoms with Crippen LogP contribution < -0.4 is 15.5 Å². The zero-order chi connectivity index (χ0) is 22.6. The molecule has 1 fully saturated rings. The number of benzene rings is 2. The molecule has 0 bridgehead atoms. The summed E-state index contributed by atoms with van der Waals surface area (Å²) in [6.07, 6.45) is -2.17. The molecule has 3 aromatic rings. The van der Waals surface area contributed by atoms with E-state index < -0.39 is 11.7 Å². The van der Waals surface area contributed by atoms with Gasteiger partial charge in [-0.25, -0.2) is 9.78 Å². The van der Waals surface area contributed by atoms with Crippen LogP contribution in [0.5, 0.6) is 0 Å². The molecule has 0 atom stereocenters. The number of carbonyl (C=O) groups excluding carboxylic acids is 1. The number of alkyl halides is 3. The summed E-state index contributed by atoms with van der Waals surface area (Å²) >= 11 is 0. The number of anilines is 2. The van der Waals surface area contributed by atoms with Crippen molar-refractivity contribution in [3.63, 3.8) is 0 Å². The molecule has 1 aliphatic heterocycles. The number of rotatable bonds is 4. The third-order valence-corrected chi connectivity index (χ3v) is 5.48. The summed E-state index contributed by atoms with van der Waals surface area (Å²) in [4.78, 5) is 18.2. The fraction of sp³-hybridized carbons (Fsp3) is 0.250. The Hall–Kier alpha value is -3.55. The number of nitrogens with one attached hydrogen (secondary N) is 2. The van der Waals surface area contributed by atoms with Crippen molar-refractivity contribution in [1.82, 2.24) is 10.3 Å². The molecule has 2 aromatic carbocycles. The number of aromatic nitrogens is 1. The van der Waals surface area contributed by atoms with Crippen molar-refractivity contribution >= 4 is 17.5 Å². The normalized spacial score (nSPS) is 14.8. The molecule has 1 aliphatic rings. The Labute approximate surface area is 184 Å². The van der Waals surface area contributed by atoms with Crippen molar-refractivity contribution in [2.45, 2.75) is 25.1 Å². The highest BCUT2D eigenvalue weighted by Crippen LogP contribution is 2.30. The molecule has 8 heteroatoms. The molecule has 0 radical (unpaired) electrons. The van der Waals surface area contributed by atoms with E-state index in [2.05, 4.69) is 15.6 Å². The smallest absolute Gasteiger partial charge is 0.356 e. The average Bonchev–Trinajstić information content (AvgIpc) is 2.80. The zero-order valence-electron chi connectivity index (χ0n) is 17.3. The van der Waals surface area contributed by atoms with Crippen molar-refractivity contribution in [2.24, 2.45) is 0 Å². The average molecular weight is 440 g/mol. The van der Waals surface area contributed by atoms with E-state index in [0.717, 1.165) is 23.4 Å². The van der Waals surface area contributed by atoms with E-state index in [1.54, 1.807) is 0 Å². The van der Waals surface area contributed by atoms with Crippen molar-refractivity contribution in [3.8, 4) is 11.1 Å². The number of halogens is 3. The molecule has 5 nitrogen and oxygen atoms in total. The summed E-state index contributed by atoms with van der Waals surface area (Å²) in [5.74, 6) is 0.513. The summed E-state index contributed by atoms with van der Waals surface area (Å²) in [6.45, 7) is 1.21. The summed E-state index contributed by atoms with van der Waals surface area (Å²) < 4.78 is 38.1. The van der Waals surface area contributed by atoms with Crippen LogP contribution in [0.1, 0.15) is 18.4 Å². The summed E-state index contributed by atoms with van der Waals surface area (Å²) in [6, 6.07) is 19.8. The van der Waals surface area contributed by atoms with Crippen LogP contribution in [0.3, 0.4) is 0 Å². The van der Waals surface area contributed by atoms with Crippen LogP contribution in [-0.2, 0) is 6.18 Å². The summed E-state index contributed by atoms with van der Waals surface area (Å²) in [5, 5.41) is 5.82. The molecule has 166 valence electrons. The summed E-state index contributed by atoms with van der Waals surface area (Å²) in [7, 11) is 0. The minimum Gasteiger partial charge on any atom is -0.356 e. The highest BCUT2D eigenvalue weighted by molar-refractivity contribution is 5.89. The van der Waals surface area contributed by atoms with Gasteiger partial charge >= 0.3 is 12.2 Å². The minimum atomic E-state index is -4.39. The van der Waals surface area contributed by atoms with E-state index in [1.807, 2.05) is 59.5 Å². The molecule has 2 amide bonds. The van der Waals surface area contributed by atoms with E-state index in [1.165, 1.54) is 6.07 Å². The monoisotopic (exact) mass is 440 g/mol. The van der Waals surface area contributed by atoms with Gasteiger partial charge in [-0.3, -0.25) is 0 Å². The van der Waals surface area contributed by atoms with Gasteiger partial charge in [0.1, 0.15) is 5.82 Å². The molecule has 1 saturated heterocycles. The number of nitrogens with zero attached hydrogens (tertiary/aromatic N) is 2. The molecule has 0 aliphatic carbocycles. The molecule has 0 spiro atoms. The van der Waals surface area contributed by atoms with Crippen molar-refractivity contribution in [2.75, 3.05) is 23.3 Å². The van der Waals surface area contributed by atoms with Crippen LogP contribution in [0.15, 0.2) is 72.9 Å². The van der Waals surface area contributed by atoms with Gasteiger partial charge in [-0.15, -0.1) is 0 Å². The highest BCUT2D eigenvalue weighted by Gasteiger charge is 2.31. The van der Waals surface area contributed by atoms with E-state index >= 15 is 0 Å². The van der Waals surface area contributed by atoms with Crippen molar-refractivity contribution in [1.29, 1.82) is 0 Å². The van der Waals surface area contributed by atoms with E-state index in [-0.39, 0.29) is 12.1 Å². The van der Waals surface area contributed by atoms with Crippen molar-refractivity contribution < 1.29 is 18.0 Å². The molecule has 1 aromatic heterocycles. The van der Waals surface area contributed by atoms with E-state index in [9.17, 15) is 18.0 Å². The van der Waals surface area contributed by atoms with E-state index in [0.29, 0.717) is 37.4 Å². The molecule has 2 heterocycles. The van der Waals surface area contributed by atoms with Gasteiger partial charge < -0.3 is 15.5 Å². The Kier molecular flexibility index (Phi) is 6.30. The van der Waals surface area contributed by atoms with Crippen LogP contribution in [-0.4, -0.2) is 30.1 Å². The maximum absolute atomic E-state index is 12.7. The second kappa shape index (κ2) is 9.30. The number of hydrogen-bond donors (Lipinski definition) is 2. The lowest BCUT2D eigenvalue weighted by Crippen LogP contribution is -2.46. The maximum Gasteiger partial charge on any atom is 0.417 e. The van der Waals surface area contributed by atoms with E-state index in [4.69, 9.17) is 0 Å². The second-order valence-corrected chi connectivity index (χ2v) is 7.71. The SMILES string of the molecule is O=C(Nc1ccc(-c2ccccc2)cc1)NC1CCN(c2ccc(C(F)(F)F)cn2)CC1. The van der Waals surface area contributed by atoms with Gasteiger partial charge in [-0.05, 0) is 48.2 Å². The number of carbonyl (C=O) groups is 1. The molecule has 32 heavy (non-hydrogen) atoms. The number of piperidine rings is 1. The Morgan fingerprint density at radius 2 is 1.56 bits per heavy atom. The molecular weight excluding hydrogens is 417 g/mol. The Balaban J connectivity index is 1.26. The lowest BCUT2D eigenvalue weighted by molar-refractivity contribution is -0.137. The first-order valence-electron chi connectivity index (χ1n) is 10.4. The van der Waals surface area contributed by atoms with Gasteiger partial charge in [-0.1, -0.05) is 42.5 Å². The first-order chi connectivity index (χ1) is 15.4. The quantitative estimate of drug-likeness (QED) is 0.559. The molecule has 4 rings (SSSR count). The standard InChI is InChI=1S/C24H23F3N4O/c25-24(26,27)19-8-11-22(28-16-19)31-14-12-21(13-15-31)30-23(32)29-20-9-6-18(7-10-20)17-4-2-1-3-5-17/h1-11,16,21H,12-15H2,(H2,29,30,32). The topological polar surface area (TPSA) is 57.3 Å². The van der Waals surface area contributed by atoms with Gasteiger partial charge in [0.15, 0.2) is 0 Å². The second-order valence-electron chi connectivity index (χ2n) is 7.71. The molecule has 0 saturated carbocycles. The van der Waals surface area contributed by atoms with Crippen LogP contribution >= 0.6 is 0 Å². The van der Waals surface area contributed by atoms with Crippen LogP contribution in [0.4, 0.5) is 29.5 Å². The lowest BCUT2D eigenvalue weighted by Gasteiger charge is -2.33. The minimum absolute atomic E-state index is 0.00992. The van der Waals surface area contributed by atoms with Gasteiger partial charge in [0.25, 0.3) is 0 Å². The highest BCUT2D eigenvalue weighted by atomic mass is 19.4. The van der Waals surface area contributed by atoms with Gasteiger partial charge in [-0.2, -0.15) is 13.2 Å². The molecule has 2 N–H and O–H groups in total. The van der Waals surface area contributed by atoms with Crippen LogP contribution in [0.25, 0.3) is 11.1 Å². The first-order valence-corrected chi connectivity index (χ1v) is 10.4. The Morgan fingerprint density at radius 3 is 2.16 bits per heavy atom. The molecular formula is C24H23F3N4O. The van der Waals surface area contributed by atoms with Crippen molar-refractivity contribution in [3.05, 3.63) is 78.5 Å². The third-order valence-electron chi connectivity index (χ3n) is 5.48. The fourth-order valence-electron chi connectivity index (χ4n) is 3.72. The predicted molar refractivity (Wildman–Crippen MR) is 119 cm³/mol. The number of hydrogen-bond acceptors (Lipinski definition) is 3. The molecule has 0 unspecified atom stereocenters. The Morgan fingerprint density at radius 1 is 0.906 bits per heavy atom. The third kappa shape index (κ3) is 5.38. The Bertz CT molecular complexity index is 1030. The fourth-order valence-corrected chi connectivity index (χ4v) is 3.72. The van der Waals surface area contributed by atoms with Crippen LogP contribution in [0, 0.1) is 0 Å². The lowest BCUT2D eigenvalue weighted by atomic mass is 10.0.